The summed E-state index contributed by atoms with van der Waals surface area (Å²) in [4.78, 5) is 10.2. The van der Waals surface area contributed by atoms with Crippen LogP contribution in [-0.4, -0.2) is 29.7 Å². The minimum absolute atomic E-state index is 0.188. The summed E-state index contributed by atoms with van der Waals surface area (Å²) in [5.41, 5.74) is 2.47. The van der Waals surface area contributed by atoms with Crippen LogP contribution in [0.2, 0.25) is 0 Å². The first-order chi connectivity index (χ1) is 8.65. The number of nitriles is 1. The molecule has 1 aromatic heterocycles. The molecule has 0 saturated carbocycles. The van der Waals surface area contributed by atoms with Crippen molar-refractivity contribution in [3.8, 4) is 11.8 Å². The van der Waals surface area contributed by atoms with Crippen LogP contribution in [0.3, 0.4) is 0 Å². The van der Waals surface area contributed by atoms with Gasteiger partial charge >= 0.3 is 0 Å². The largest absolute Gasteiger partial charge is 0.490 e. The Morgan fingerprint density at radius 3 is 2.78 bits per heavy atom. The second-order valence-electron chi connectivity index (χ2n) is 3.92. The third-order valence-corrected chi connectivity index (χ3v) is 2.49. The standard InChI is InChI=1S/C11H18N6O/c1-8(2)17(6-4-5-12)11-9(18-3)10(16-13)14-7-15-11/h7-8H,4,6,13H2,1-3H3,(H,14,15,16). The lowest BCUT2D eigenvalue weighted by molar-refractivity contribution is 0.411. The number of methoxy groups -OCH3 is 1. The van der Waals surface area contributed by atoms with Gasteiger partial charge in [-0.2, -0.15) is 5.26 Å². The van der Waals surface area contributed by atoms with Gasteiger partial charge in [-0.05, 0) is 13.8 Å². The van der Waals surface area contributed by atoms with Crippen molar-refractivity contribution in [2.75, 3.05) is 24.0 Å². The summed E-state index contributed by atoms with van der Waals surface area (Å²) in [6.45, 7) is 4.62. The van der Waals surface area contributed by atoms with Crippen molar-refractivity contribution in [3.05, 3.63) is 6.33 Å². The van der Waals surface area contributed by atoms with E-state index in [1.807, 2.05) is 18.7 Å². The molecule has 7 heteroatoms. The summed E-state index contributed by atoms with van der Waals surface area (Å²) in [5, 5.41) is 8.70. The molecule has 18 heavy (non-hydrogen) atoms. The van der Waals surface area contributed by atoms with E-state index in [2.05, 4.69) is 21.5 Å². The molecule has 0 spiro atoms. The Hall–Kier alpha value is -2.07. The molecule has 1 heterocycles. The summed E-state index contributed by atoms with van der Waals surface area (Å²) in [7, 11) is 1.53. The number of rotatable bonds is 6. The number of ether oxygens (including phenoxy) is 1. The van der Waals surface area contributed by atoms with Crippen molar-refractivity contribution >= 4 is 11.6 Å². The second kappa shape index (κ2) is 6.61. The quantitative estimate of drug-likeness (QED) is 0.571. The minimum Gasteiger partial charge on any atom is -0.490 e. The van der Waals surface area contributed by atoms with E-state index in [9.17, 15) is 0 Å². The van der Waals surface area contributed by atoms with E-state index in [4.69, 9.17) is 15.8 Å². The molecule has 1 aromatic rings. The van der Waals surface area contributed by atoms with Gasteiger partial charge in [0.25, 0.3) is 0 Å². The molecule has 0 saturated heterocycles. The van der Waals surface area contributed by atoms with E-state index >= 15 is 0 Å². The fourth-order valence-corrected chi connectivity index (χ4v) is 1.64. The SMILES string of the molecule is COc1c(NN)ncnc1N(CCC#N)C(C)C. The van der Waals surface area contributed by atoms with Crippen LogP contribution in [0.4, 0.5) is 11.6 Å². The molecule has 3 N–H and O–H groups in total. The van der Waals surface area contributed by atoms with Crippen molar-refractivity contribution in [1.29, 1.82) is 5.26 Å². The molecule has 0 bridgehead atoms. The molecule has 0 aliphatic carbocycles. The average molecular weight is 250 g/mol. The van der Waals surface area contributed by atoms with E-state index in [1.54, 1.807) is 0 Å². The van der Waals surface area contributed by atoms with Crippen molar-refractivity contribution in [1.82, 2.24) is 9.97 Å². The molecular weight excluding hydrogens is 232 g/mol. The van der Waals surface area contributed by atoms with Crippen LogP contribution in [-0.2, 0) is 0 Å². The molecule has 0 aromatic carbocycles. The van der Waals surface area contributed by atoms with E-state index in [0.29, 0.717) is 30.4 Å². The van der Waals surface area contributed by atoms with Gasteiger partial charge in [-0.3, -0.25) is 0 Å². The molecule has 0 aliphatic rings. The maximum atomic E-state index is 8.70. The van der Waals surface area contributed by atoms with Crippen molar-refractivity contribution < 1.29 is 4.74 Å². The van der Waals surface area contributed by atoms with Gasteiger partial charge in [-0.25, -0.2) is 15.8 Å². The van der Waals surface area contributed by atoms with Crippen molar-refractivity contribution in [2.45, 2.75) is 26.3 Å². The third kappa shape index (κ3) is 2.99. The van der Waals surface area contributed by atoms with Crippen molar-refractivity contribution in [2.24, 2.45) is 5.84 Å². The number of hydrazine groups is 1. The van der Waals surface area contributed by atoms with Crippen LogP contribution >= 0.6 is 0 Å². The predicted octanol–water partition coefficient (Wildman–Crippen LogP) is 0.899. The predicted molar refractivity (Wildman–Crippen MR) is 69.1 cm³/mol. The molecule has 0 unspecified atom stereocenters. The normalized spacial score (nSPS) is 10.0. The number of nitrogens with two attached hydrogens (primary N) is 1. The molecule has 0 atom stereocenters. The molecule has 1 rings (SSSR count). The number of nitrogens with zero attached hydrogens (tertiary/aromatic N) is 4. The Morgan fingerprint density at radius 2 is 2.28 bits per heavy atom. The van der Waals surface area contributed by atoms with Crippen LogP contribution in [0.25, 0.3) is 0 Å². The highest BCUT2D eigenvalue weighted by Crippen LogP contribution is 2.32. The maximum Gasteiger partial charge on any atom is 0.205 e. The number of nitrogens with one attached hydrogen (secondary N) is 1. The maximum absolute atomic E-state index is 8.70. The number of hydrogen-bond donors (Lipinski definition) is 2. The number of hydrogen-bond acceptors (Lipinski definition) is 7. The second-order valence-corrected chi connectivity index (χ2v) is 3.92. The average Bonchev–Trinajstić information content (AvgIpc) is 2.38. The molecule has 0 radical (unpaired) electrons. The van der Waals surface area contributed by atoms with Gasteiger partial charge in [0, 0.05) is 12.6 Å². The van der Waals surface area contributed by atoms with Gasteiger partial charge < -0.3 is 15.1 Å². The molecule has 0 aliphatic heterocycles. The Bertz CT molecular complexity index is 428. The molecule has 98 valence electrons. The Labute approximate surface area is 107 Å². The summed E-state index contributed by atoms with van der Waals surface area (Å²) in [6, 6.07) is 2.31. The van der Waals surface area contributed by atoms with E-state index in [-0.39, 0.29) is 6.04 Å². The topological polar surface area (TPSA) is 100 Å². The zero-order valence-corrected chi connectivity index (χ0v) is 10.8. The number of aromatic nitrogens is 2. The van der Waals surface area contributed by atoms with Gasteiger partial charge in [0.2, 0.25) is 5.75 Å². The Morgan fingerprint density at radius 1 is 1.56 bits per heavy atom. The summed E-state index contributed by atoms with van der Waals surface area (Å²) < 4.78 is 5.29. The lowest BCUT2D eigenvalue weighted by Gasteiger charge is -2.28. The number of anilines is 2. The first kappa shape index (κ1) is 14.0. The van der Waals surface area contributed by atoms with Gasteiger partial charge in [0.15, 0.2) is 11.6 Å². The molecule has 0 fully saturated rings. The van der Waals surface area contributed by atoms with Crippen LogP contribution in [0.15, 0.2) is 6.33 Å². The number of nitrogen functional groups attached to an aromatic ring is 1. The molecule has 0 amide bonds. The highest BCUT2D eigenvalue weighted by molar-refractivity contribution is 5.64. The Balaban J connectivity index is 3.15. The van der Waals surface area contributed by atoms with Crippen molar-refractivity contribution in [3.63, 3.8) is 0 Å². The first-order valence-electron chi connectivity index (χ1n) is 5.64. The Kier molecular flexibility index (Phi) is 5.14. The van der Waals surface area contributed by atoms with Crippen LogP contribution in [0.1, 0.15) is 20.3 Å². The fraction of sp³-hybridized carbons (Fsp3) is 0.545. The van der Waals surface area contributed by atoms with Crippen LogP contribution in [0.5, 0.6) is 5.75 Å². The van der Waals surface area contributed by atoms with Gasteiger partial charge in [-0.15, -0.1) is 0 Å². The lowest BCUT2D eigenvalue weighted by Crippen LogP contribution is -2.33. The zero-order valence-electron chi connectivity index (χ0n) is 10.8. The van der Waals surface area contributed by atoms with Gasteiger partial charge in [0.05, 0.1) is 19.6 Å². The summed E-state index contributed by atoms with van der Waals surface area (Å²) >= 11 is 0. The first-order valence-corrected chi connectivity index (χ1v) is 5.64. The van der Waals surface area contributed by atoms with E-state index in [0.717, 1.165) is 0 Å². The monoisotopic (exact) mass is 250 g/mol. The summed E-state index contributed by atoms with van der Waals surface area (Å²) in [5.74, 6) is 6.91. The summed E-state index contributed by atoms with van der Waals surface area (Å²) in [6.07, 6.45) is 1.82. The lowest BCUT2D eigenvalue weighted by atomic mass is 10.2. The van der Waals surface area contributed by atoms with Gasteiger partial charge in [0.1, 0.15) is 6.33 Å². The van der Waals surface area contributed by atoms with E-state index in [1.165, 1.54) is 13.4 Å². The third-order valence-electron chi connectivity index (χ3n) is 2.49. The molecular formula is C11H18N6O. The minimum atomic E-state index is 0.188. The molecule has 7 nitrogen and oxygen atoms in total. The zero-order chi connectivity index (χ0) is 13.5. The van der Waals surface area contributed by atoms with E-state index < -0.39 is 0 Å². The smallest absolute Gasteiger partial charge is 0.205 e. The highest BCUT2D eigenvalue weighted by Gasteiger charge is 2.19. The van der Waals surface area contributed by atoms with Crippen LogP contribution in [0, 0.1) is 11.3 Å². The van der Waals surface area contributed by atoms with Gasteiger partial charge in [-0.1, -0.05) is 0 Å². The van der Waals surface area contributed by atoms with Crippen LogP contribution < -0.4 is 20.9 Å². The fourth-order valence-electron chi connectivity index (χ4n) is 1.64. The highest BCUT2D eigenvalue weighted by atomic mass is 16.5.